The Morgan fingerprint density at radius 3 is 0.667 bits per heavy atom. The van der Waals surface area contributed by atoms with Crippen LogP contribution in [0.1, 0.15) is 243 Å². The minimum atomic E-state index is 0.462. The summed E-state index contributed by atoms with van der Waals surface area (Å²) in [6, 6.07) is 0. The molecule has 0 aliphatic heterocycles. The van der Waals surface area contributed by atoms with Crippen molar-refractivity contribution in [2.75, 3.05) is 0 Å². The molecule has 0 aromatic carbocycles. The molecule has 0 N–H and O–H groups in total. The second kappa shape index (κ2) is 16.6. The van der Waals surface area contributed by atoms with E-state index in [9.17, 15) is 0 Å². The minimum absolute atomic E-state index is 0.462. The summed E-state index contributed by atoms with van der Waals surface area (Å²) in [5, 5.41) is 18.7. The SMILES string of the molecule is CC(C)(C)C1CCC(C2CCC(c3nnc(C4CCC(C5CCC(c6nnc(C7CCC(C8CCC(C(C)(C)C)CC8)CC7)o6)CC5)CC4)o3)CC2)CC1. The summed E-state index contributed by atoms with van der Waals surface area (Å²) >= 11 is 0. The molecular formula is C48H78N4O2. The summed E-state index contributed by atoms with van der Waals surface area (Å²) in [6.07, 6.45) is 32.0. The van der Waals surface area contributed by atoms with Crippen molar-refractivity contribution < 1.29 is 8.83 Å². The van der Waals surface area contributed by atoms with Crippen molar-refractivity contribution in [3.8, 4) is 0 Å². The molecule has 2 heterocycles. The van der Waals surface area contributed by atoms with Gasteiger partial charge in [-0.3, -0.25) is 0 Å². The zero-order valence-corrected chi connectivity index (χ0v) is 35.5. The van der Waals surface area contributed by atoms with E-state index in [4.69, 9.17) is 8.83 Å². The number of hydrogen-bond donors (Lipinski definition) is 0. The second-order valence-corrected chi connectivity index (χ2v) is 22.4. The Balaban J connectivity index is 0.731. The van der Waals surface area contributed by atoms with E-state index in [-0.39, 0.29) is 0 Å². The van der Waals surface area contributed by atoms with E-state index in [1.165, 1.54) is 154 Å². The topological polar surface area (TPSA) is 77.8 Å². The van der Waals surface area contributed by atoms with Gasteiger partial charge in [-0.15, -0.1) is 20.4 Å². The average molecular weight is 743 g/mol. The fourth-order valence-electron chi connectivity index (χ4n) is 13.4. The van der Waals surface area contributed by atoms with Gasteiger partial charge >= 0.3 is 0 Å². The third-order valence-electron chi connectivity index (χ3n) is 17.4. The van der Waals surface area contributed by atoms with Gasteiger partial charge in [0.2, 0.25) is 23.6 Å². The maximum atomic E-state index is 6.49. The van der Waals surface area contributed by atoms with Crippen LogP contribution in [0.25, 0.3) is 0 Å². The Hall–Kier alpha value is -1.72. The number of rotatable bonds is 7. The zero-order chi connectivity index (χ0) is 37.5. The van der Waals surface area contributed by atoms with Crippen molar-refractivity contribution in [1.82, 2.24) is 20.4 Å². The van der Waals surface area contributed by atoms with Gasteiger partial charge in [0.1, 0.15) is 0 Å². The lowest BCUT2D eigenvalue weighted by Crippen LogP contribution is -2.30. The Kier molecular flexibility index (Phi) is 12.1. The van der Waals surface area contributed by atoms with Crippen LogP contribution in [0.15, 0.2) is 8.83 Å². The first-order chi connectivity index (χ1) is 26.0. The van der Waals surface area contributed by atoms with E-state index in [1.54, 1.807) is 0 Å². The van der Waals surface area contributed by atoms with Crippen LogP contribution < -0.4 is 0 Å². The molecule has 6 aliphatic carbocycles. The maximum Gasteiger partial charge on any atom is 0.219 e. The van der Waals surface area contributed by atoms with E-state index >= 15 is 0 Å². The third kappa shape index (κ3) is 9.03. The van der Waals surface area contributed by atoms with E-state index in [1.807, 2.05) is 0 Å². The molecule has 8 rings (SSSR count). The monoisotopic (exact) mass is 743 g/mol. The summed E-state index contributed by atoms with van der Waals surface area (Å²) < 4.78 is 13.0. The molecule has 302 valence electrons. The number of nitrogens with zero attached hydrogens (tertiary/aromatic N) is 4. The summed E-state index contributed by atoms with van der Waals surface area (Å²) in [5.41, 5.74) is 0.951. The quantitative estimate of drug-likeness (QED) is 0.281. The van der Waals surface area contributed by atoms with Gasteiger partial charge in [0.05, 0.1) is 0 Å². The van der Waals surface area contributed by atoms with E-state index in [2.05, 4.69) is 61.9 Å². The Morgan fingerprint density at radius 1 is 0.296 bits per heavy atom. The highest BCUT2D eigenvalue weighted by atomic mass is 16.4. The fraction of sp³-hybridized carbons (Fsp3) is 0.917. The lowest BCUT2D eigenvalue weighted by Gasteiger charge is -2.41. The molecule has 6 heteroatoms. The van der Waals surface area contributed by atoms with Crippen LogP contribution in [0.5, 0.6) is 0 Å². The van der Waals surface area contributed by atoms with Crippen molar-refractivity contribution in [2.24, 2.45) is 58.2 Å². The van der Waals surface area contributed by atoms with Crippen LogP contribution in [0.4, 0.5) is 0 Å². The van der Waals surface area contributed by atoms with Crippen LogP contribution in [0, 0.1) is 58.2 Å². The van der Waals surface area contributed by atoms with Gasteiger partial charge in [0.15, 0.2) is 0 Å². The van der Waals surface area contributed by atoms with Crippen molar-refractivity contribution >= 4 is 0 Å². The summed E-state index contributed by atoms with van der Waals surface area (Å²) in [6.45, 7) is 14.6. The average Bonchev–Trinajstić information content (AvgIpc) is 3.90. The normalized spacial score (nSPS) is 39.0. The fourth-order valence-corrected chi connectivity index (χ4v) is 13.4. The van der Waals surface area contributed by atoms with Crippen LogP contribution >= 0.6 is 0 Å². The van der Waals surface area contributed by atoms with Crippen molar-refractivity contribution in [3.05, 3.63) is 23.6 Å². The largest absolute Gasteiger partial charge is 0.425 e. The molecule has 0 saturated heterocycles. The molecule has 0 radical (unpaired) electrons. The number of hydrogen-bond acceptors (Lipinski definition) is 6. The first-order valence-corrected chi connectivity index (χ1v) is 23.6. The Bertz CT molecular complexity index is 1320. The first-order valence-electron chi connectivity index (χ1n) is 23.6. The molecule has 0 unspecified atom stereocenters. The van der Waals surface area contributed by atoms with Gasteiger partial charge in [0.25, 0.3) is 0 Å². The first kappa shape index (κ1) is 39.1. The molecule has 6 fully saturated rings. The van der Waals surface area contributed by atoms with Gasteiger partial charge in [-0.1, -0.05) is 41.5 Å². The van der Waals surface area contributed by atoms with E-state index < -0.39 is 0 Å². The molecule has 0 bridgehead atoms. The zero-order valence-electron chi connectivity index (χ0n) is 35.5. The molecule has 2 aromatic rings. The van der Waals surface area contributed by atoms with Gasteiger partial charge in [0, 0.05) is 23.7 Å². The van der Waals surface area contributed by atoms with Crippen molar-refractivity contribution in [2.45, 2.75) is 219 Å². The highest BCUT2D eigenvalue weighted by Gasteiger charge is 2.39. The van der Waals surface area contributed by atoms with E-state index in [0.717, 1.165) is 70.9 Å². The predicted octanol–water partition coefficient (Wildman–Crippen LogP) is 14.0. The molecule has 0 atom stereocenters. The van der Waals surface area contributed by atoms with E-state index in [0.29, 0.717) is 34.5 Å². The molecule has 6 nitrogen and oxygen atoms in total. The van der Waals surface area contributed by atoms with Gasteiger partial charge in [-0.05, 0) is 212 Å². The number of aromatic nitrogens is 4. The molecule has 0 amide bonds. The van der Waals surface area contributed by atoms with Crippen LogP contribution in [-0.4, -0.2) is 20.4 Å². The van der Waals surface area contributed by atoms with Gasteiger partial charge in [-0.2, -0.15) is 0 Å². The molecule has 0 spiro atoms. The lowest BCUT2D eigenvalue weighted by atomic mass is 9.65. The molecule has 54 heavy (non-hydrogen) atoms. The summed E-state index contributed by atoms with van der Waals surface area (Å²) in [7, 11) is 0. The van der Waals surface area contributed by atoms with Crippen molar-refractivity contribution in [1.29, 1.82) is 0 Å². The third-order valence-corrected chi connectivity index (χ3v) is 17.4. The van der Waals surface area contributed by atoms with Crippen LogP contribution in [0.3, 0.4) is 0 Å². The summed E-state index contributed by atoms with van der Waals surface area (Å²) in [4.78, 5) is 0. The standard InChI is InChI=1S/C48H78N4O2/c1-47(2,3)41-27-23-35(24-28-41)33-11-19-39(20-12-33)45-51-49-43(53-45)37-15-7-31(8-16-37)32-9-17-38(18-10-32)44-50-52-46(54-44)40-21-13-34(14-22-40)36-25-29-42(30-26-36)48(4,5)6/h31-42H,7-30H2,1-6H3. The molecule has 6 aliphatic rings. The maximum absolute atomic E-state index is 6.49. The molecular weight excluding hydrogens is 665 g/mol. The smallest absolute Gasteiger partial charge is 0.219 e. The Morgan fingerprint density at radius 2 is 0.481 bits per heavy atom. The summed E-state index contributed by atoms with van der Waals surface area (Å²) in [5.74, 6) is 12.9. The lowest BCUT2D eigenvalue weighted by molar-refractivity contribution is 0.105. The predicted molar refractivity (Wildman–Crippen MR) is 217 cm³/mol. The van der Waals surface area contributed by atoms with Gasteiger partial charge in [-0.25, -0.2) is 0 Å². The second-order valence-electron chi connectivity index (χ2n) is 22.4. The van der Waals surface area contributed by atoms with Crippen molar-refractivity contribution in [3.63, 3.8) is 0 Å². The Labute approximate surface area is 329 Å². The minimum Gasteiger partial charge on any atom is -0.425 e. The molecule has 6 saturated carbocycles. The highest BCUT2D eigenvalue weighted by molar-refractivity contribution is 5.03. The van der Waals surface area contributed by atoms with Crippen LogP contribution in [0.2, 0.25) is 0 Å². The van der Waals surface area contributed by atoms with Crippen LogP contribution in [-0.2, 0) is 0 Å². The highest BCUT2D eigenvalue weighted by Crippen LogP contribution is 2.50. The molecule has 2 aromatic heterocycles. The van der Waals surface area contributed by atoms with Gasteiger partial charge < -0.3 is 8.83 Å².